The van der Waals surface area contributed by atoms with Crippen molar-refractivity contribution in [1.82, 2.24) is 4.98 Å². The van der Waals surface area contributed by atoms with Crippen LogP contribution >= 0.6 is 12.6 Å². The van der Waals surface area contributed by atoms with E-state index in [2.05, 4.69) is 17.6 Å². The van der Waals surface area contributed by atoms with Gasteiger partial charge in [-0.1, -0.05) is 0 Å². The number of fused-ring (bicyclic) bond motifs is 1. The number of nitrogens with one attached hydrogen (secondary N) is 1. The predicted molar refractivity (Wildman–Crippen MR) is 45.5 cm³/mol. The highest BCUT2D eigenvalue weighted by Gasteiger charge is 1.97. The minimum Gasteiger partial charge on any atom is -0.350 e. The van der Waals surface area contributed by atoms with E-state index >= 15 is 0 Å². The van der Waals surface area contributed by atoms with E-state index in [9.17, 15) is 4.39 Å². The van der Waals surface area contributed by atoms with E-state index in [-0.39, 0.29) is 5.82 Å². The molecule has 0 amide bonds. The molecule has 0 saturated carbocycles. The normalized spacial score (nSPS) is 10.7. The minimum atomic E-state index is -0.218. The van der Waals surface area contributed by atoms with Gasteiger partial charge in [-0.2, -0.15) is 0 Å². The SMILES string of the molecule is Fc1ccc2[nH]c(S)cc2c1. The van der Waals surface area contributed by atoms with Gasteiger partial charge < -0.3 is 4.98 Å². The topological polar surface area (TPSA) is 15.8 Å². The molecule has 0 radical (unpaired) electrons. The van der Waals surface area contributed by atoms with Crippen LogP contribution in [0.5, 0.6) is 0 Å². The summed E-state index contributed by atoms with van der Waals surface area (Å²) in [4.78, 5) is 2.98. The Morgan fingerprint density at radius 2 is 2.09 bits per heavy atom. The smallest absolute Gasteiger partial charge is 0.123 e. The molecule has 0 aliphatic rings. The summed E-state index contributed by atoms with van der Waals surface area (Å²) in [6.07, 6.45) is 0. The van der Waals surface area contributed by atoms with Crippen molar-refractivity contribution < 1.29 is 4.39 Å². The molecule has 1 N–H and O–H groups in total. The van der Waals surface area contributed by atoms with E-state index in [0.29, 0.717) is 0 Å². The zero-order valence-electron chi connectivity index (χ0n) is 5.63. The molecule has 2 rings (SSSR count). The van der Waals surface area contributed by atoms with Crippen LogP contribution < -0.4 is 0 Å². The lowest BCUT2D eigenvalue weighted by Crippen LogP contribution is -1.71. The fraction of sp³-hybridized carbons (Fsp3) is 0. The maximum absolute atomic E-state index is 12.6. The van der Waals surface area contributed by atoms with Gasteiger partial charge >= 0.3 is 0 Å². The summed E-state index contributed by atoms with van der Waals surface area (Å²) in [6.45, 7) is 0. The first-order valence-electron chi connectivity index (χ1n) is 3.23. The van der Waals surface area contributed by atoms with Crippen molar-refractivity contribution >= 4 is 23.5 Å². The van der Waals surface area contributed by atoms with Crippen LogP contribution in [0.4, 0.5) is 4.39 Å². The Morgan fingerprint density at radius 3 is 2.91 bits per heavy atom. The van der Waals surface area contributed by atoms with Crippen LogP contribution in [0.2, 0.25) is 0 Å². The third-order valence-corrected chi connectivity index (χ3v) is 1.81. The number of thiol groups is 1. The average Bonchev–Trinajstić information content (AvgIpc) is 2.27. The fourth-order valence-electron chi connectivity index (χ4n) is 1.09. The Bertz CT molecular complexity index is 394. The number of aromatic nitrogens is 1. The van der Waals surface area contributed by atoms with Gasteiger partial charge in [0.2, 0.25) is 0 Å². The summed E-state index contributed by atoms with van der Waals surface area (Å²) in [5.41, 5.74) is 0.913. The highest BCUT2D eigenvalue weighted by atomic mass is 32.1. The van der Waals surface area contributed by atoms with E-state index in [1.54, 1.807) is 12.1 Å². The maximum Gasteiger partial charge on any atom is 0.123 e. The van der Waals surface area contributed by atoms with Gasteiger partial charge in [0, 0.05) is 10.9 Å². The van der Waals surface area contributed by atoms with E-state index < -0.39 is 0 Å². The second-order valence-corrected chi connectivity index (χ2v) is 2.87. The molecule has 0 unspecified atom stereocenters. The molecular formula is C8H6FNS. The summed E-state index contributed by atoms with van der Waals surface area (Å²) in [5.74, 6) is -0.218. The lowest BCUT2D eigenvalue weighted by Gasteiger charge is -1.87. The van der Waals surface area contributed by atoms with E-state index in [1.165, 1.54) is 12.1 Å². The van der Waals surface area contributed by atoms with Crippen LogP contribution in [0.25, 0.3) is 10.9 Å². The van der Waals surface area contributed by atoms with E-state index in [4.69, 9.17) is 0 Å². The molecule has 11 heavy (non-hydrogen) atoms. The summed E-state index contributed by atoms with van der Waals surface area (Å²) >= 11 is 4.10. The van der Waals surface area contributed by atoms with E-state index in [0.717, 1.165) is 15.9 Å². The Kier molecular flexibility index (Phi) is 1.39. The van der Waals surface area contributed by atoms with Crippen molar-refractivity contribution in [2.24, 2.45) is 0 Å². The molecule has 1 aromatic carbocycles. The number of hydrogen-bond donors (Lipinski definition) is 2. The Morgan fingerprint density at radius 1 is 1.27 bits per heavy atom. The van der Waals surface area contributed by atoms with Gasteiger partial charge in [-0.3, -0.25) is 0 Å². The molecule has 2 aromatic rings. The van der Waals surface area contributed by atoms with Crippen LogP contribution in [-0.2, 0) is 0 Å². The molecule has 0 fully saturated rings. The number of benzene rings is 1. The number of rotatable bonds is 0. The molecule has 0 aliphatic heterocycles. The zero-order chi connectivity index (χ0) is 7.84. The standard InChI is InChI=1S/C8H6FNS/c9-6-1-2-7-5(3-6)4-8(11)10-7/h1-4,10-11H. The first-order chi connectivity index (χ1) is 5.25. The van der Waals surface area contributed by atoms with Crippen LogP contribution in [0.1, 0.15) is 0 Å². The maximum atomic E-state index is 12.6. The quantitative estimate of drug-likeness (QED) is 0.561. The summed E-state index contributed by atoms with van der Waals surface area (Å²) < 4.78 is 12.6. The zero-order valence-corrected chi connectivity index (χ0v) is 6.53. The lowest BCUT2D eigenvalue weighted by molar-refractivity contribution is 0.630. The molecule has 3 heteroatoms. The minimum absolute atomic E-state index is 0.218. The third-order valence-electron chi connectivity index (χ3n) is 1.57. The highest BCUT2D eigenvalue weighted by Crippen LogP contribution is 2.17. The van der Waals surface area contributed by atoms with Gasteiger partial charge in [0.25, 0.3) is 0 Å². The van der Waals surface area contributed by atoms with E-state index in [1.807, 2.05) is 0 Å². The molecule has 0 aliphatic carbocycles. The second-order valence-electron chi connectivity index (χ2n) is 2.39. The highest BCUT2D eigenvalue weighted by molar-refractivity contribution is 7.80. The van der Waals surface area contributed by atoms with Crippen LogP contribution in [0, 0.1) is 5.82 Å². The molecule has 0 saturated heterocycles. The molecule has 1 nitrogen and oxygen atoms in total. The van der Waals surface area contributed by atoms with Gasteiger partial charge in [0.1, 0.15) is 5.82 Å². The number of hydrogen-bond acceptors (Lipinski definition) is 1. The van der Waals surface area contributed by atoms with Gasteiger partial charge in [-0.05, 0) is 24.3 Å². The van der Waals surface area contributed by atoms with Crippen molar-refractivity contribution in [3.05, 3.63) is 30.1 Å². The molecular weight excluding hydrogens is 161 g/mol. The predicted octanol–water partition coefficient (Wildman–Crippen LogP) is 2.60. The van der Waals surface area contributed by atoms with Crippen LogP contribution in [-0.4, -0.2) is 4.98 Å². The monoisotopic (exact) mass is 167 g/mol. The Labute approximate surface area is 68.6 Å². The van der Waals surface area contributed by atoms with Crippen molar-refractivity contribution in [3.63, 3.8) is 0 Å². The summed E-state index contributed by atoms with van der Waals surface area (Å²) in [7, 11) is 0. The van der Waals surface area contributed by atoms with Crippen molar-refractivity contribution in [2.45, 2.75) is 5.03 Å². The first-order valence-corrected chi connectivity index (χ1v) is 3.68. The Hall–Kier alpha value is -0.960. The third kappa shape index (κ3) is 1.12. The van der Waals surface area contributed by atoms with Gasteiger partial charge in [0.05, 0.1) is 5.03 Å². The van der Waals surface area contributed by atoms with Crippen molar-refractivity contribution in [2.75, 3.05) is 0 Å². The van der Waals surface area contributed by atoms with Gasteiger partial charge in [-0.15, -0.1) is 12.6 Å². The number of halogens is 1. The van der Waals surface area contributed by atoms with Crippen molar-refractivity contribution in [3.8, 4) is 0 Å². The summed E-state index contributed by atoms with van der Waals surface area (Å²) in [5, 5.41) is 1.61. The second kappa shape index (κ2) is 2.27. The van der Waals surface area contributed by atoms with Gasteiger partial charge in [0.15, 0.2) is 0 Å². The average molecular weight is 167 g/mol. The number of H-pyrrole nitrogens is 1. The van der Waals surface area contributed by atoms with Gasteiger partial charge in [-0.25, -0.2) is 4.39 Å². The number of aromatic amines is 1. The molecule has 0 spiro atoms. The molecule has 1 aromatic heterocycles. The van der Waals surface area contributed by atoms with Crippen LogP contribution in [0.15, 0.2) is 29.3 Å². The largest absolute Gasteiger partial charge is 0.350 e. The van der Waals surface area contributed by atoms with Crippen molar-refractivity contribution in [1.29, 1.82) is 0 Å². The molecule has 0 bridgehead atoms. The molecule has 56 valence electrons. The Balaban J connectivity index is 2.82. The van der Waals surface area contributed by atoms with Crippen LogP contribution in [0.3, 0.4) is 0 Å². The molecule has 1 heterocycles. The summed E-state index contributed by atoms with van der Waals surface area (Å²) in [6, 6.07) is 6.39. The molecule has 0 atom stereocenters. The first kappa shape index (κ1) is 6.73. The fourth-order valence-corrected chi connectivity index (χ4v) is 1.35. The lowest BCUT2D eigenvalue weighted by atomic mass is 10.2.